The fourth-order valence-corrected chi connectivity index (χ4v) is 1.88. The maximum absolute atomic E-state index is 11.0. The van der Waals surface area contributed by atoms with E-state index in [-0.39, 0.29) is 17.1 Å². The van der Waals surface area contributed by atoms with Crippen molar-refractivity contribution in [1.82, 2.24) is 4.98 Å². The van der Waals surface area contributed by atoms with E-state index in [1.54, 1.807) is 11.0 Å². The molecule has 0 aromatic carbocycles. The predicted octanol–water partition coefficient (Wildman–Crippen LogP) is 0.432. The highest BCUT2D eigenvalue weighted by atomic mass is 16.6. The first-order valence-electron chi connectivity index (χ1n) is 5.10. The molecule has 17 heavy (non-hydrogen) atoms. The Bertz CT molecular complexity index is 497. The van der Waals surface area contributed by atoms with Crippen molar-refractivity contribution in [3.8, 4) is 6.07 Å². The van der Waals surface area contributed by atoms with Gasteiger partial charge >= 0.3 is 5.69 Å². The molecule has 1 aliphatic rings. The number of β-amino-alcohol motifs (C(OH)–C–C–N with tert-alkyl or cyclic N) is 1. The summed E-state index contributed by atoms with van der Waals surface area (Å²) in [5.41, 5.74) is -0.300. The topological polar surface area (TPSA) is 103 Å². The Morgan fingerprint density at radius 3 is 3.00 bits per heavy atom. The van der Waals surface area contributed by atoms with Gasteiger partial charge in [0.2, 0.25) is 5.82 Å². The summed E-state index contributed by atoms with van der Waals surface area (Å²) in [6, 6.07) is 3.09. The molecule has 1 aliphatic heterocycles. The molecule has 7 heteroatoms. The first-order chi connectivity index (χ1) is 8.13. The Hall–Kier alpha value is -2.20. The van der Waals surface area contributed by atoms with Crippen LogP contribution in [0, 0.1) is 21.4 Å². The molecule has 1 fully saturated rings. The lowest BCUT2D eigenvalue weighted by molar-refractivity contribution is -0.384. The second-order valence-corrected chi connectivity index (χ2v) is 3.79. The Kier molecular flexibility index (Phi) is 2.89. The van der Waals surface area contributed by atoms with Crippen LogP contribution >= 0.6 is 0 Å². The molecule has 0 unspecified atom stereocenters. The molecule has 2 rings (SSSR count). The second-order valence-electron chi connectivity index (χ2n) is 3.79. The summed E-state index contributed by atoms with van der Waals surface area (Å²) in [7, 11) is 0. The summed E-state index contributed by atoms with van der Waals surface area (Å²) in [6.45, 7) is 0.812. The van der Waals surface area contributed by atoms with E-state index in [2.05, 4.69) is 4.98 Å². The van der Waals surface area contributed by atoms with Crippen molar-refractivity contribution >= 4 is 11.5 Å². The van der Waals surface area contributed by atoms with Crippen LogP contribution in [-0.4, -0.2) is 34.2 Å². The lowest BCUT2D eigenvalue weighted by Gasteiger charge is -2.16. The molecule has 2 heterocycles. The van der Waals surface area contributed by atoms with Crippen LogP contribution < -0.4 is 4.90 Å². The van der Waals surface area contributed by atoms with Crippen molar-refractivity contribution in [2.75, 3.05) is 18.0 Å². The molecule has 0 spiro atoms. The molecule has 1 aromatic heterocycles. The van der Waals surface area contributed by atoms with Crippen molar-refractivity contribution < 1.29 is 10.0 Å². The molecular weight excluding hydrogens is 224 g/mol. The lowest BCUT2D eigenvalue weighted by Crippen LogP contribution is -2.23. The highest BCUT2D eigenvalue weighted by Gasteiger charge is 2.30. The van der Waals surface area contributed by atoms with Crippen molar-refractivity contribution in [2.45, 2.75) is 12.5 Å². The molecule has 0 aliphatic carbocycles. The summed E-state index contributed by atoms with van der Waals surface area (Å²) < 4.78 is 0. The smallest absolute Gasteiger partial charge is 0.329 e. The van der Waals surface area contributed by atoms with Gasteiger partial charge in [0.15, 0.2) is 0 Å². The van der Waals surface area contributed by atoms with Crippen LogP contribution in [0.3, 0.4) is 0 Å². The van der Waals surface area contributed by atoms with Crippen LogP contribution in [0.25, 0.3) is 0 Å². The number of hydrogen-bond donors (Lipinski definition) is 1. The van der Waals surface area contributed by atoms with Gasteiger partial charge in [0.1, 0.15) is 11.6 Å². The molecule has 0 amide bonds. The average molecular weight is 234 g/mol. The van der Waals surface area contributed by atoms with Crippen LogP contribution in [0.15, 0.2) is 12.3 Å². The minimum Gasteiger partial charge on any atom is -0.391 e. The summed E-state index contributed by atoms with van der Waals surface area (Å²) in [6.07, 6.45) is 1.42. The standard InChI is InChI=1S/C10H10N4O3/c11-5-7-1-3-12-10(9(7)14(16)17)13-4-2-8(15)6-13/h1,3,8,15H,2,4,6H2/t8-/m1/s1. The van der Waals surface area contributed by atoms with Crippen molar-refractivity contribution in [2.24, 2.45) is 0 Å². The predicted molar refractivity (Wildman–Crippen MR) is 58.4 cm³/mol. The minimum absolute atomic E-state index is 0.0126. The third-order valence-electron chi connectivity index (χ3n) is 2.67. The summed E-state index contributed by atoms with van der Waals surface area (Å²) in [5.74, 6) is 0.158. The van der Waals surface area contributed by atoms with Gasteiger partial charge in [-0.05, 0) is 12.5 Å². The summed E-state index contributed by atoms with van der Waals surface area (Å²) >= 11 is 0. The number of aliphatic hydroxyl groups is 1. The van der Waals surface area contributed by atoms with Gasteiger partial charge in [-0.1, -0.05) is 0 Å². The Morgan fingerprint density at radius 2 is 2.47 bits per heavy atom. The molecule has 0 radical (unpaired) electrons. The molecule has 7 nitrogen and oxygen atoms in total. The minimum atomic E-state index is -0.606. The van der Waals surface area contributed by atoms with Gasteiger partial charge < -0.3 is 10.0 Å². The number of aliphatic hydroxyl groups excluding tert-OH is 1. The Balaban J connectivity index is 2.47. The fraction of sp³-hybridized carbons (Fsp3) is 0.400. The maximum Gasteiger partial charge on any atom is 0.329 e. The third-order valence-corrected chi connectivity index (χ3v) is 2.67. The van der Waals surface area contributed by atoms with Gasteiger partial charge in [-0.25, -0.2) is 4.98 Å². The first-order valence-corrected chi connectivity index (χ1v) is 5.10. The van der Waals surface area contributed by atoms with E-state index < -0.39 is 11.0 Å². The normalized spacial score (nSPS) is 19.1. The number of rotatable bonds is 2. The van der Waals surface area contributed by atoms with Crippen LogP contribution in [0.5, 0.6) is 0 Å². The number of anilines is 1. The van der Waals surface area contributed by atoms with E-state index in [1.165, 1.54) is 12.3 Å². The van der Waals surface area contributed by atoms with Crippen molar-refractivity contribution in [3.63, 3.8) is 0 Å². The summed E-state index contributed by atoms with van der Waals surface area (Å²) in [5, 5.41) is 29.2. The first kappa shape index (κ1) is 11.3. The number of hydrogen-bond acceptors (Lipinski definition) is 6. The average Bonchev–Trinajstić information content (AvgIpc) is 2.74. The second kappa shape index (κ2) is 4.35. The molecule has 0 saturated carbocycles. The Morgan fingerprint density at radius 1 is 1.71 bits per heavy atom. The van der Waals surface area contributed by atoms with Gasteiger partial charge in [0, 0.05) is 19.3 Å². The summed E-state index contributed by atoms with van der Waals surface area (Å²) in [4.78, 5) is 15.9. The van der Waals surface area contributed by atoms with Gasteiger partial charge in [0.05, 0.1) is 11.0 Å². The number of nitro groups is 1. The highest BCUT2D eigenvalue weighted by Crippen LogP contribution is 2.31. The van der Waals surface area contributed by atoms with Gasteiger partial charge in [-0.2, -0.15) is 5.26 Å². The Labute approximate surface area is 97.1 Å². The van der Waals surface area contributed by atoms with Crippen LogP contribution in [-0.2, 0) is 0 Å². The van der Waals surface area contributed by atoms with Crippen LogP contribution in [0.4, 0.5) is 11.5 Å². The monoisotopic (exact) mass is 234 g/mol. The van der Waals surface area contributed by atoms with E-state index >= 15 is 0 Å². The number of nitrogens with zero attached hydrogens (tertiary/aromatic N) is 4. The molecule has 0 bridgehead atoms. The van der Waals surface area contributed by atoms with Crippen molar-refractivity contribution in [1.29, 1.82) is 5.26 Å². The van der Waals surface area contributed by atoms with Gasteiger partial charge in [-0.3, -0.25) is 10.1 Å². The van der Waals surface area contributed by atoms with Gasteiger partial charge in [0.25, 0.3) is 0 Å². The van der Waals surface area contributed by atoms with E-state index in [0.29, 0.717) is 19.5 Å². The zero-order valence-corrected chi connectivity index (χ0v) is 8.91. The number of pyridine rings is 1. The van der Waals surface area contributed by atoms with Crippen LogP contribution in [0.2, 0.25) is 0 Å². The largest absolute Gasteiger partial charge is 0.391 e. The number of nitriles is 1. The number of aromatic nitrogens is 1. The zero-order chi connectivity index (χ0) is 12.4. The molecule has 1 atom stereocenters. The van der Waals surface area contributed by atoms with E-state index in [0.717, 1.165) is 0 Å². The molecular formula is C10H10N4O3. The lowest BCUT2D eigenvalue weighted by atomic mass is 10.2. The third kappa shape index (κ3) is 2.03. The van der Waals surface area contributed by atoms with E-state index in [1.807, 2.05) is 0 Å². The zero-order valence-electron chi connectivity index (χ0n) is 8.91. The molecule has 88 valence electrons. The van der Waals surface area contributed by atoms with E-state index in [4.69, 9.17) is 5.26 Å². The van der Waals surface area contributed by atoms with Gasteiger partial charge in [-0.15, -0.1) is 0 Å². The molecule has 1 N–H and O–H groups in total. The molecule has 1 saturated heterocycles. The fourth-order valence-electron chi connectivity index (χ4n) is 1.88. The quantitative estimate of drug-likeness (QED) is 0.588. The van der Waals surface area contributed by atoms with Crippen molar-refractivity contribution in [3.05, 3.63) is 27.9 Å². The molecule has 1 aromatic rings. The van der Waals surface area contributed by atoms with Crippen LogP contribution in [0.1, 0.15) is 12.0 Å². The van der Waals surface area contributed by atoms with E-state index in [9.17, 15) is 15.2 Å². The SMILES string of the molecule is N#Cc1ccnc(N2CC[C@@H](O)C2)c1[N+](=O)[O-]. The highest BCUT2D eigenvalue weighted by molar-refractivity contribution is 5.65. The maximum atomic E-state index is 11.0.